The predicted octanol–water partition coefficient (Wildman–Crippen LogP) is 4.58. The van der Waals surface area contributed by atoms with Crippen LogP contribution < -0.4 is 5.32 Å². The molecule has 0 aliphatic heterocycles. The van der Waals surface area contributed by atoms with E-state index in [2.05, 4.69) is 26.1 Å². The lowest BCUT2D eigenvalue weighted by Crippen LogP contribution is -2.33. The van der Waals surface area contributed by atoms with Gasteiger partial charge in [-0.1, -0.05) is 56.6 Å². The van der Waals surface area contributed by atoms with E-state index in [0.29, 0.717) is 16.3 Å². The molecule has 0 aliphatic rings. The fourth-order valence-electron chi connectivity index (χ4n) is 2.40. The van der Waals surface area contributed by atoms with Gasteiger partial charge in [0.1, 0.15) is 5.25 Å². The molecule has 0 heterocycles. The Labute approximate surface area is 160 Å². The highest BCUT2D eigenvalue weighted by molar-refractivity contribution is 7.92. The topological polar surface area (TPSA) is 63.2 Å². The Balaban J connectivity index is 2.08. The molecule has 140 valence electrons. The third-order valence-corrected chi connectivity index (χ3v) is 6.49. The van der Waals surface area contributed by atoms with E-state index in [9.17, 15) is 13.2 Å². The summed E-state index contributed by atoms with van der Waals surface area (Å²) in [6, 6.07) is 14.0. The molecule has 0 fully saturated rings. The lowest BCUT2D eigenvalue weighted by molar-refractivity contribution is -0.115. The molecule has 0 spiro atoms. The van der Waals surface area contributed by atoms with E-state index in [-0.39, 0.29) is 11.2 Å². The number of halogens is 1. The van der Waals surface area contributed by atoms with Crippen LogP contribution in [0.1, 0.15) is 38.8 Å². The van der Waals surface area contributed by atoms with E-state index in [0.717, 1.165) is 5.56 Å². The number of sulfone groups is 1. The summed E-state index contributed by atoms with van der Waals surface area (Å²) in [7, 11) is -3.63. The van der Waals surface area contributed by atoms with Crippen molar-refractivity contribution in [2.24, 2.45) is 0 Å². The summed E-state index contributed by atoms with van der Waals surface area (Å²) in [5, 5.41) is 2.00. The molecule has 4 nitrogen and oxygen atoms in total. The first kappa shape index (κ1) is 20.5. The number of hydrogen-bond acceptors (Lipinski definition) is 3. The van der Waals surface area contributed by atoms with Gasteiger partial charge in [-0.25, -0.2) is 8.42 Å². The van der Waals surface area contributed by atoms with Crippen molar-refractivity contribution in [3.63, 3.8) is 0 Å². The van der Waals surface area contributed by atoms with E-state index >= 15 is 0 Å². The molecule has 0 bridgehead atoms. The Hall–Kier alpha value is -1.85. The number of carbonyl (C=O) groups is 1. The first-order chi connectivity index (χ1) is 12.0. The fraction of sp³-hybridized carbons (Fsp3) is 0.350. The molecule has 0 radical (unpaired) electrons. The maximum absolute atomic E-state index is 12.6. The van der Waals surface area contributed by atoms with Gasteiger partial charge in [-0.15, -0.1) is 0 Å². The van der Waals surface area contributed by atoms with Crippen LogP contribution in [-0.4, -0.2) is 19.6 Å². The van der Waals surface area contributed by atoms with Gasteiger partial charge in [0.25, 0.3) is 0 Å². The Morgan fingerprint density at radius 2 is 1.58 bits per heavy atom. The average Bonchev–Trinajstić information content (AvgIpc) is 2.55. The molecule has 1 atom stereocenters. The minimum absolute atomic E-state index is 0.00314. The summed E-state index contributed by atoms with van der Waals surface area (Å²) in [5.41, 5.74) is 2.32. The van der Waals surface area contributed by atoms with Crippen molar-refractivity contribution in [2.45, 2.75) is 44.1 Å². The zero-order valence-corrected chi connectivity index (χ0v) is 17.0. The van der Waals surface area contributed by atoms with Crippen molar-refractivity contribution in [1.82, 2.24) is 0 Å². The smallest absolute Gasteiger partial charge is 0.242 e. The Kier molecular flexibility index (Phi) is 6.14. The summed E-state index contributed by atoms with van der Waals surface area (Å²) in [5.74, 6) is -0.731. The van der Waals surface area contributed by atoms with Crippen LogP contribution in [0.4, 0.5) is 5.69 Å². The molecule has 1 N–H and O–H groups in total. The molecule has 0 aliphatic carbocycles. The van der Waals surface area contributed by atoms with E-state index in [1.54, 1.807) is 24.3 Å². The number of amides is 1. The van der Waals surface area contributed by atoms with Gasteiger partial charge in [0, 0.05) is 10.7 Å². The molecular formula is C20H24ClNO3S. The van der Waals surface area contributed by atoms with E-state index in [4.69, 9.17) is 11.6 Å². The zero-order chi connectivity index (χ0) is 19.5. The predicted molar refractivity (Wildman–Crippen MR) is 107 cm³/mol. The van der Waals surface area contributed by atoms with Crippen LogP contribution in [0.2, 0.25) is 5.02 Å². The molecule has 1 unspecified atom stereocenters. The summed E-state index contributed by atoms with van der Waals surface area (Å²) in [6.45, 7) is 7.70. The van der Waals surface area contributed by atoms with Crippen LogP contribution in [0.3, 0.4) is 0 Å². The molecule has 2 aromatic carbocycles. The molecule has 0 saturated carbocycles. The van der Waals surface area contributed by atoms with Gasteiger partial charge in [-0.2, -0.15) is 0 Å². The van der Waals surface area contributed by atoms with Crippen molar-refractivity contribution in [3.8, 4) is 0 Å². The average molecular weight is 394 g/mol. The molecule has 26 heavy (non-hydrogen) atoms. The van der Waals surface area contributed by atoms with Gasteiger partial charge in [0.05, 0.1) is 5.75 Å². The third kappa shape index (κ3) is 5.32. The van der Waals surface area contributed by atoms with Gasteiger partial charge < -0.3 is 5.32 Å². The Morgan fingerprint density at radius 3 is 2.08 bits per heavy atom. The lowest BCUT2D eigenvalue weighted by atomic mass is 9.87. The highest BCUT2D eigenvalue weighted by Crippen LogP contribution is 2.23. The minimum atomic E-state index is -3.63. The molecule has 1 amide bonds. The monoisotopic (exact) mass is 393 g/mol. The number of hydrogen-bond donors (Lipinski definition) is 1. The van der Waals surface area contributed by atoms with E-state index in [1.807, 2.05) is 24.3 Å². The summed E-state index contributed by atoms with van der Waals surface area (Å²) in [4.78, 5) is 12.3. The number of nitrogens with one attached hydrogen (secondary N) is 1. The number of anilines is 1. The SMILES string of the molecule is CC(C(=O)Nc1ccc(Cl)cc1)S(=O)(=O)Cc1ccc(C(C)(C)C)cc1. The van der Waals surface area contributed by atoms with Crippen molar-refractivity contribution in [1.29, 1.82) is 0 Å². The summed E-state index contributed by atoms with van der Waals surface area (Å²) < 4.78 is 25.2. The van der Waals surface area contributed by atoms with Crippen LogP contribution in [0.25, 0.3) is 0 Å². The number of benzene rings is 2. The maximum atomic E-state index is 12.6. The van der Waals surface area contributed by atoms with Gasteiger partial charge in [-0.05, 0) is 47.7 Å². The third-order valence-electron chi connectivity index (χ3n) is 4.21. The van der Waals surface area contributed by atoms with Crippen molar-refractivity contribution in [2.75, 3.05) is 5.32 Å². The quantitative estimate of drug-likeness (QED) is 0.808. The molecule has 0 aromatic heterocycles. The molecule has 0 saturated heterocycles. The van der Waals surface area contributed by atoms with Crippen molar-refractivity contribution < 1.29 is 13.2 Å². The summed E-state index contributed by atoms with van der Waals surface area (Å²) in [6.07, 6.45) is 0. The second kappa shape index (κ2) is 7.80. The first-order valence-corrected chi connectivity index (χ1v) is 10.5. The van der Waals surface area contributed by atoms with Gasteiger partial charge in [-0.3, -0.25) is 4.79 Å². The second-order valence-corrected chi connectivity index (χ2v) is 10.2. The summed E-state index contributed by atoms with van der Waals surface area (Å²) >= 11 is 5.80. The fourth-order valence-corrected chi connectivity index (χ4v) is 3.82. The Morgan fingerprint density at radius 1 is 1.04 bits per heavy atom. The normalized spacial score (nSPS) is 13.3. The Bertz CT molecular complexity index is 867. The maximum Gasteiger partial charge on any atom is 0.242 e. The van der Waals surface area contributed by atoms with Gasteiger partial charge >= 0.3 is 0 Å². The van der Waals surface area contributed by atoms with E-state index in [1.165, 1.54) is 6.92 Å². The van der Waals surface area contributed by atoms with Gasteiger partial charge in [0.2, 0.25) is 5.91 Å². The first-order valence-electron chi connectivity index (χ1n) is 8.36. The number of rotatable bonds is 5. The second-order valence-electron chi connectivity index (χ2n) is 7.39. The van der Waals surface area contributed by atoms with Crippen LogP contribution in [0, 0.1) is 0 Å². The van der Waals surface area contributed by atoms with Crippen LogP contribution >= 0.6 is 11.6 Å². The molecule has 2 rings (SSSR count). The lowest BCUT2D eigenvalue weighted by Gasteiger charge is -2.19. The van der Waals surface area contributed by atoms with Crippen molar-refractivity contribution >= 4 is 33.0 Å². The highest BCUT2D eigenvalue weighted by atomic mass is 35.5. The van der Waals surface area contributed by atoms with E-state index < -0.39 is 21.0 Å². The minimum Gasteiger partial charge on any atom is -0.325 e. The van der Waals surface area contributed by atoms with Crippen LogP contribution in [0.15, 0.2) is 48.5 Å². The molecule has 2 aromatic rings. The molecule has 6 heteroatoms. The zero-order valence-electron chi connectivity index (χ0n) is 15.4. The highest BCUT2D eigenvalue weighted by Gasteiger charge is 2.28. The van der Waals surface area contributed by atoms with Crippen molar-refractivity contribution in [3.05, 3.63) is 64.7 Å². The van der Waals surface area contributed by atoms with Crippen LogP contribution in [0.5, 0.6) is 0 Å². The standard InChI is InChI=1S/C20H24ClNO3S/c1-14(19(23)22-18-11-9-17(21)10-12-18)26(24,25)13-15-5-7-16(8-6-15)20(2,3)4/h5-12,14H,13H2,1-4H3,(H,22,23). The molecular weight excluding hydrogens is 370 g/mol. The largest absolute Gasteiger partial charge is 0.325 e. The number of carbonyl (C=O) groups excluding carboxylic acids is 1. The van der Waals surface area contributed by atoms with Crippen LogP contribution in [-0.2, 0) is 25.8 Å². The van der Waals surface area contributed by atoms with Gasteiger partial charge in [0.15, 0.2) is 9.84 Å².